The third-order valence-corrected chi connectivity index (χ3v) is 3.18. The summed E-state index contributed by atoms with van der Waals surface area (Å²) in [4.78, 5) is 4.47. The van der Waals surface area contributed by atoms with Crippen LogP contribution in [0.3, 0.4) is 0 Å². The molecule has 0 radical (unpaired) electrons. The standard InChI is InChI=1S/C16H14N2O/c1-19-13-9-5-8-12-10-18-16(15(17)14(12)13)11-6-3-2-4-7-11/h2-10H,17H2,1H3. The molecule has 19 heavy (non-hydrogen) atoms. The number of ether oxygens (including phenoxy) is 1. The number of hydrogen-bond donors (Lipinski definition) is 1. The van der Waals surface area contributed by atoms with Crippen LogP contribution >= 0.6 is 0 Å². The lowest BCUT2D eigenvalue weighted by atomic mass is 10.0. The molecule has 0 fully saturated rings. The molecule has 1 aromatic heterocycles. The van der Waals surface area contributed by atoms with Gasteiger partial charge in [0.05, 0.1) is 23.9 Å². The number of nitrogen functional groups attached to an aromatic ring is 1. The molecule has 3 aromatic rings. The monoisotopic (exact) mass is 250 g/mol. The minimum Gasteiger partial charge on any atom is -0.496 e. The number of nitrogens with two attached hydrogens (primary N) is 1. The third-order valence-electron chi connectivity index (χ3n) is 3.18. The van der Waals surface area contributed by atoms with Gasteiger partial charge in [-0.3, -0.25) is 4.98 Å². The Kier molecular flexibility index (Phi) is 2.80. The van der Waals surface area contributed by atoms with Crippen LogP contribution in [0.25, 0.3) is 22.0 Å². The largest absolute Gasteiger partial charge is 0.496 e. The summed E-state index contributed by atoms with van der Waals surface area (Å²) >= 11 is 0. The second-order valence-corrected chi connectivity index (χ2v) is 4.31. The van der Waals surface area contributed by atoms with E-state index in [1.54, 1.807) is 7.11 Å². The number of rotatable bonds is 2. The SMILES string of the molecule is COc1cccc2cnc(-c3ccccc3)c(N)c12. The Bertz CT molecular complexity index is 723. The number of hydrogen-bond acceptors (Lipinski definition) is 3. The van der Waals surface area contributed by atoms with Gasteiger partial charge in [-0.15, -0.1) is 0 Å². The molecule has 3 rings (SSSR count). The minimum absolute atomic E-state index is 0.654. The first-order valence-electron chi connectivity index (χ1n) is 6.08. The molecule has 0 amide bonds. The van der Waals surface area contributed by atoms with Gasteiger partial charge in [0.25, 0.3) is 0 Å². The molecule has 0 saturated carbocycles. The van der Waals surface area contributed by atoms with Crippen molar-refractivity contribution in [2.24, 2.45) is 0 Å². The molecule has 0 aliphatic rings. The number of benzene rings is 2. The van der Waals surface area contributed by atoms with Gasteiger partial charge in [0.15, 0.2) is 0 Å². The fourth-order valence-corrected chi connectivity index (χ4v) is 2.26. The zero-order chi connectivity index (χ0) is 13.2. The van der Waals surface area contributed by atoms with Gasteiger partial charge in [-0.25, -0.2) is 0 Å². The van der Waals surface area contributed by atoms with E-state index in [4.69, 9.17) is 10.5 Å². The number of anilines is 1. The van der Waals surface area contributed by atoms with Crippen molar-refractivity contribution in [2.45, 2.75) is 0 Å². The van der Waals surface area contributed by atoms with E-state index >= 15 is 0 Å². The Hall–Kier alpha value is -2.55. The Morgan fingerprint density at radius 2 is 1.79 bits per heavy atom. The van der Waals surface area contributed by atoms with Gasteiger partial charge in [-0.1, -0.05) is 42.5 Å². The molecule has 94 valence electrons. The van der Waals surface area contributed by atoms with Crippen LogP contribution in [0.15, 0.2) is 54.7 Å². The van der Waals surface area contributed by atoms with Gasteiger partial charge in [-0.05, 0) is 6.07 Å². The van der Waals surface area contributed by atoms with Crippen LogP contribution in [-0.2, 0) is 0 Å². The minimum atomic E-state index is 0.654. The van der Waals surface area contributed by atoms with Crippen LogP contribution in [-0.4, -0.2) is 12.1 Å². The second kappa shape index (κ2) is 4.61. The molecule has 2 aromatic carbocycles. The molecule has 0 spiro atoms. The zero-order valence-corrected chi connectivity index (χ0v) is 10.6. The Morgan fingerprint density at radius 3 is 2.53 bits per heavy atom. The zero-order valence-electron chi connectivity index (χ0n) is 10.6. The summed E-state index contributed by atoms with van der Waals surface area (Å²) in [5.41, 5.74) is 8.74. The molecule has 3 nitrogen and oxygen atoms in total. The summed E-state index contributed by atoms with van der Waals surface area (Å²) in [6, 6.07) is 15.8. The first-order valence-corrected chi connectivity index (χ1v) is 6.08. The highest BCUT2D eigenvalue weighted by atomic mass is 16.5. The fraction of sp³-hybridized carbons (Fsp3) is 0.0625. The van der Waals surface area contributed by atoms with Gasteiger partial charge >= 0.3 is 0 Å². The van der Waals surface area contributed by atoms with Gasteiger partial charge < -0.3 is 10.5 Å². The van der Waals surface area contributed by atoms with E-state index in [-0.39, 0.29) is 0 Å². The predicted octanol–water partition coefficient (Wildman–Crippen LogP) is 3.49. The first kappa shape index (κ1) is 11.5. The summed E-state index contributed by atoms with van der Waals surface area (Å²) in [7, 11) is 1.65. The van der Waals surface area contributed by atoms with Gasteiger partial charge in [0.2, 0.25) is 0 Å². The Labute approximate surface area is 111 Å². The van der Waals surface area contributed by atoms with Crippen molar-refractivity contribution in [1.29, 1.82) is 0 Å². The van der Waals surface area contributed by atoms with Crippen LogP contribution < -0.4 is 10.5 Å². The van der Waals surface area contributed by atoms with Crippen molar-refractivity contribution in [2.75, 3.05) is 12.8 Å². The average Bonchev–Trinajstić information content (AvgIpc) is 2.48. The van der Waals surface area contributed by atoms with Crippen molar-refractivity contribution in [3.8, 4) is 17.0 Å². The summed E-state index contributed by atoms with van der Waals surface area (Å²) in [6.45, 7) is 0. The maximum absolute atomic E-state index is 6.28. The summed E-state index contributed by atoms with van der Waals surface area (Å²) < 4.78 is 5.39. The molecule has 0 aliphatic heterocycles. The number of fused-ring (bicyclic) bond motifs is 1. The third kappa shape index (κ3) is 1.89. The molecule has 0 unspecified atom stereocenters. The molecule has 3 heteroatoms. The van der Waals surface area contributed by atoms with Crippen LogP contribution in [0.1, 0.15) is 0 Å². The van der Waals surface area contributed by atoms with Crippen LogP contribution in [0.4, 0.5) is 5.69 Å². The van der Waals surface area contributed by atoms with E-state index in [1.165, 1.54) is 0 Å². The van der Waals surface area contributed by atoms with Crippen molar-refractivity contribution in [3.63, 3.8) is 0 Å². The van der Waals surface area contributed by atoms with E-state index in [1.807, 2.05) is 54.7 Å². The van der Waals surface area contributed by atoms with E-state index in [0.29, 0.717) is 5.69 Å². The highest BCUT2D eigenvalue weighted by molar-refractivity contribution is 6.02. The first-order chi connectivity index (χ1) is 9.31. The van der Waals surface area contributed by atoms with Crippen molar-refractivity contribution < 1.29 is 4.74 Å². The number of nitrogens with zero attached hydrogens (tertiary/aromatic N) is 1. The van der Waals surface area contributed by atoms with Gasteiger partial charge in [-0.2, -0.15) is 0 Å². The smallest absolute Gasteiger partial charge is 0.128 e. The lowest BCUT2D eigenvalue weighted by Gasteiger charge is -2.11. The topological polar surface area (TPSA) is 48.1 Å². The molecule has 0 saturated heterocycles. The summed E-state index contributed by atoms with van der Waals surface area (Å²) in [6.07, 6.45) is 1.83. The van der Waals surface area contributed by atoms with Crippen molar-refractivity contribution in [1.82, 2.24) is 4.98 Å². The lowest BCUT2D eigenvalue weighted by Crippen LogP contribution is -1.97. The molecular formula is C16H14N2O. The van der Waals surface area contributed by atoms with E-state index in [9.17, 15) is 0 Å². The summed E-state index contributed by atoms with van der Waals surface area (Å²) in [5, 5.41) is 1.90. The van der Waals surface area contributed by atoms with Gasteiger partial charge in [0, 0.05) is 17.1 Å². The number of methoxy groups -OCH3 is 1. The molecular weight excluding hydrogens is 236 g/mol. The maximum atomic E-state index is 6.28. The van der Waals surface area contributed by atoms with Crippen molar-refractivity contribution >= 4 is 16.5 Å². The Morgan fingerprint density at radius 1 is 1.00 bits per heavy atom. The van der Waals surface area contributed by atoms with E-state index in [2.05, 4.69) is 4.98 Å². The lowest BCUT2D eigenvalue weighted by molar-refractivity contribution is 0.420. The van der Waals surface area contributed by atoms with Gasteiger partial charge in [0.1, 0.15) is 5.75 Å². The second-order valence-electron chi connectivity index (χ2n) is 4.31. The highest BCUT2D eigenvalue weighted by Gasteiger charge is 2.11. The van der Waals surface area contributed by atoms with E-state index in [0.717, 1.165) is 27.8 Å². The number of aromatic nitrogens is 1. The molecule has 0 atom stereocenters. The molecule has 0 aliphatic carbocycles. The van der Waals surface area contributed by atoms with E-state index < -0.39 is 0 Å². The quantitative estimate of drug-likeness (QED) is 0.757. The fourth-order valence-electron chi connectivity index (χ4n) is 2.26. The number of pyridine rings is 1. The molecule has 1 heterocycles. The Balaban J connectivity index is 2.32. The van der Waals surface area contributed by atoms with Crippen LogP contribution in [0, 0.1) is 0 Å². The highest BCUT2D eigenvalue weighted by Crippen LogP contribution is 2.35. The maximum Gasteiger partial charge on any atom is 0.128 e. The average molecular weight is 250 g/mol. The van der Waals surface area contributed by atoms with Crippen LogP contribution in [0.5, 0.6) is 5.75 Å². The van der Waals surface area contributed by atoms with Crippen LogP contribution in [0.2, 0.25) is 0 Å². The predicted molar refractivity (Wildman–Crippen MR) is 78.1 cm³/mol. The molecule has 2 N–H and O–H groups in total. The molecule has 0 bridgehead atoms. The summed E-state index contributed by atoms with van der Waals surface area (Å²) in [5.74, 6) is 0.773. The normalized spacial score (nSPS) is 10.6. The van der Waals surface area contributed by atoms with Crippen molar-refractivity contribution in [3.05, 3.63) is 54.7 Å².